The summed E-state index contributed by atoms with van der Waals surface area (Å²) in [5.74, 6) is -0.231. The first kappa shape index (κ1) is 51.9. The number of amides is 1. The van der Waals surface area contributed by atoms with Gasteiger partial charge in [0.1, 0.15) is 13.2 Å². The van der Waals surface area contributed by atoms with E-state index in [0.29, 0.717) is 23.9 Å². The van der Waals surface area contributed by atoms with Crippen LogP contribution in [-0.2, 0) is 18.4 Å². The van der Waals surface area contributed by atoms with E-state index in [0.717, 1.165) is 57.8 Å². The zero-order chi connectivity index (χ0) is 40.0. The van der Waals surface area contributed by atoms with Crippen LogP contribution in [0.3, 0.4) is 0 Å². The fourth-order valence-corrected chi connectivity index (χ4v) is 6.25. The molecule has 0 fully saturated rings. The number of hydrogen-bond donors (Lipinski definition) is 3. The third-order valence-electron chi connectivity index (χ3n) is 8.91. The number of unbranched alkanes of at least 4 members (excludes halogenated alkanes) is 14. The number of allylic oxidation sites excluding steroid dienone is 11. The Hall–Kier alpha value is -2.06. The van der Waals surface area contributed by atoms with Gasteiger partial charge in [0.05, 0.1) is 39.9 Å². The molecule has 3 atom stereocenters. The number of hydrogen-bond acceptors (Lipinski definition) is 5. The predicted octanol–water partition coefficient (Wildman–Crippen LogP) is 11.6. The summed E-state index contributed by atoms with van der Waals surface area (Å²) in [4.78, 5) is 23.0. The molecule has 0 aromatic carbocycles. The Morgan fingerprint density at radius 2 is 1.13 bits per heavy atom. The smallest absolute Gasteiger partial charge is 0.387 e. The normalized spacial score (nSPS) is 15.2. The number of aliphatic hydroxyl groups excluding tert-OH is 1. The number of phosphoric ester groups is 1. The van der Waals surface area contributed by atoms with Gasteiger partial charge in [-0.2, -0.15) is 0 Å². The van der Waals surface area contributed by atoms with Crippen LogP contribution in [0.2, 0.25) is 0 Å². The molecule has 0 saturated carbocycles. The lowest BCUT2D eigenvalue weighted by Crippen LogP contribution is -2.45. The fourth-order valence-electron chi connectivity index (χ4n) is 5.52. The highest BCUT2D eigenvalue weighted by Gasteiger charge is 2.27. The van der Waals surface area contributed by atoms with Crippen molar-refractivity contribution in [3.8, 4) is 0 Å². The fraction of sp³-hybridized carbons (Fsp3) is 0.711. The van der Waals surface area contributed by atoms with Crippen molar-refractivity contribution in [2.24, 2.45) is 0 Å². The van der Waals surface area contributed by atoms with Crippen molar-refractivity contribution in [2.45, 2.75) is 167 Å². The van der Waals surface area contributed by atoms with E-state index < -0.39 is 20.0 Å². The molecule has 1 amide bonds. The van der Waals surface area contributed by atoms with E-state index in [-0.39, 0.29) is 19.1 Å². The van der Waals surface area contributed by atoms with Crippen molar-refractivity contribution in [3.05, 3.63) is 72.9 Å². The molecule has 312 valence electrons. The van der Waals surface area contributed by atoms with Crippen LogP contribution < -0.4 is 5.32 Å². The molecule has 0 spiro atoms. The Morgan fingerprint density at radius 3 is 1.70 bits per heavy atom. The SMILES string of the molecule is CC/C=C\C/C=C\C/C=C\C/C=C\CCCCC(=O)NC(COP(=O)(O)OCC[N+](C)(C)C)C(O)/C=C/CC/C=C/CCCCCCCCCCCCC. The maximum Gasteiger partial charge on any atom is 0.472 e. The molecule has 8 nitrogen and oxygen atoms in total. The minimum atomic E-state index is -4.36. The van der Waals surface area contributed by atoms with Crippen LogP contribution in [0.5, 0.6) is 0 Å². The van der Waals surface area contributed by atoms with Gasteiger partial charge in [0, 0.05) is 6.42 Å². The van der Waals surface area contributed by atoms with Crippen LogP contribution >= 0.6 is 7.82 Å². The quantitative estimate of drug-likeness (QED) is 0.0251. The van der Waals surface area contributed by atoms with Crippen LogP contribution in [0.15, 0.2) is 72.9 Å². The molecule has 0 aromatic heterocycles. The number of likely N-dealkylation sites (N-methyl/N-ethyl adjacent to an activating group) is 1. The second-order valence-electron chi connectivity index (χ2n) is 15.3. The number of carbonyl (C=O) groups excluding carboxylic acids is 1. The van der Waals surface area contributed by atoms with Crippen LogP contribution in [0.1, 0.15) is 155 Å². The summed E-state index contributed by atoms with van der Waals surface area (Å²) in [5, 5.41) is 13.8. The van der Waals surface area contributed by atoms with Crippen LogP contribution in [0, 0.1) is 0 Å². The molecular weight excluding hydrogens is 695 g/mol. The number of quaternary nitrogens is 1. The first-order valence-electron chi connectivity index (χ1n) is 21.3. The van der Waals surface area contributed by atoms with E-state index in [2.05, 4.69) is 79.9 Å². The van der Waals surface area contributed by atoms with E-state index in [9.17, 15) is 19.4 Å². The Bertz CT molecular complexity index is 1110. The van der Waals surface area contributed by atoms with Crippen molar-refractivity contribution in [1.82, 2.24) is 5.32 Å². The Labute approximate surface area is 332 Å². The van der Waals surface area contributed by atoms with Crippen molar-refractivity contribution in [1.29, 1.82) is 0 Å². The summed E-state index contributed by atoms with van der Waals surface area (Å²) in [5.41, 5.74) is 0. The number of phosphoric acid groups is 1. The van der Waals surface area contributed by atoms with Gasteiger partial charge in [-0.3, -0.25) is 13.8 Å². The lowest BCUT2D eigenvalue weighted by molar-refractivity contribution is -0.870. The van der Waals surface area contributed by atoms with Gasteiger partial charge in [0.25, 0.3) is 0 Å². The largest absolute Gasteiger partial charge is 0.472 e. The minimum absolute atomic E-state index is 0.0445. The lowest BCUT2D eigenvalue weighted by atomic mass is 10.1. The summed E-state index contributed by atoms with van der Waals surface area (Å²) in [6, 6.07) is -0.887. The zero-order valence-corrected chi connectivity index (χ0v) is 36.1. The number of aliphatic hydroxyl groups is 1. The molecule has 3 N–H and O–H groups in total. The summed E-state index contributed by atoms with van der Waals surface area (Å²) in [7, 11) is 1.51. The average Bonchev–Trinajstić information content (AvgIpc) is 3.12. The van der Waals surface area contributed by atoms with Gasteiger partial charge in [-0.1, -0.05) is 151 Å². The molecule has 0 aliphatic heterocycles. The van der Waals surface area contributed by atoms with E-state index in [1.807, 2.05) is 27.2 Å². The van der Waals surface area contributed by atoms with Crippen LogP contribution in [0.4, 0.5) is 0 Å². The summed E-state index contributed by atoms with van der Waals surface area (Å²) in [6.07, 6.45) is 48.3. The van der Waals surface area contributed by atoms with Gasteiger partial charge < -0.3 is 19.8 Å². The second kappa shape index (κ2) is 36.6. The molecule has 0 radical (unpaired) electrons. The first-order valence-corrected chi connectivity index (χ1v) is 22.8. The van der Waals surface area contributed by atoms with Gasteiger partial charge in [0.15, 0.2) is 0 Å². The maximum atomic E-state index is 12.8. The Kier molecular flexibility index (Phi) is 35.2. The minimum Gasteiger partial charge on any atom is -0.387 e. The third-order valence-corrected chi connectivity index (χ3v) is 9.89. The molecule has 0 aromatic rings. The van der Waals surface area contributed by atoms with Crippen molar-refractivity contribution < 1.29 is 32.9 Å². The highest BCUT2D eigenvalue weighted by molar-refractivity contribution is 7.47. The highest BCUT2D eigenvalue weighted by atomic mass is 31.2. The number of rotatable bonds is 37. The predicted molar refractivity (Wildman–Crippen MR) is 230 cm³/mol. The van der Waals surface area contributed by atoms with Crippen LogP contribution in [0.25, 0.3) is 0 Å². The topological polar surface area (TPSA) is 105 Å². The van der Waals surface area contributed by atoms with E-state index >= 15 is 0 Å². The number of carbonyl (C=O) groups is 1. The molecular formula is C45H82N2O6P+. The monoisotopic (exact) mass is 778 g/mol. The summed E-state index contributed by atoms with van der Waals surface area (Å²) in [6.45, 7) is 4.62. The molecule has 0 heterocycles. The van der Waals surface area contributed by atoms with Gasteiger partial charge in [0.2, 0.25) is 5.91 Å². The van der Waals surface area contributed by atoms with Gasteiger partial charge in [-0.05, 0) is 70.6 Å². The molecule has 3 unspecified atom stereocenters. The zero-order valence-electron chi connectivity index (χ0n) is 35.2. The molecule has 0 aliphatic rings. The highest BCUT2D eigenvalue weighted by Crippen LogP contribution is 2.43. The molecule has 0 saturated heterocycles. The molecule has 0 rings (SSSR count). The Morgan fingerprint density at radius 1 is 0.648 bits per heavy atom. The van der Waals surface area contributed by atoms with E-state index in [1.54, 1.807) is 6.08 Å². The molecule has 9 heteroatoms. The van der Waals surface area contributed by atoms with Gasteiger partial charge >= 0.3 is 7.82 Å². The first-order chi connectivity index (χ1) is 26.0. The van der Waals surface area contributed by atoms with Crippen molar-refractivity contribution in [2.75, 3.05) is 40.9 Å². The van der Waals surface area contributed by atoms with Gasteiger partial charge in [-0.25, -0.2) is 4.57 Å². The standard InChI is InChI=1S/C45H81N2O6P/c1-6-8-10-12-14-16-18-20-22-23-25-26-28-30-32-34-36-38-44(48)43(42-53-54(50,51)52-41-40-47(3,4)5)46-45(49)39-37-35-33-31-29-27-24-21-19-17-15-13-11-9-7-2/h9,11,15,17,21,24,28-31,36,38,43-44,48H,6-8,10,12-14,16,18-20,22-23,25-27,32-35,37,39-42H2,1-5H3,(H-,46,49,50,51)/p+1/b11-9-,17-15-,24-21-,30-28+,31-29-,38-36+. The summed E-state index contributed by atoms with van der Waals surface area (Å²) < 4.78 is 23.5. The Balaban J connectivity index is 4.60. The van der Waals surface area contributed by atoms with Crippen molar-refractivity contribution >= 4 is 13.7 Å². The molecule has 0 aliphatic carbocycles. The maximum absolute atomic E-state index is 12.8. The average molecular weight is 778 g/mol. The van der Waals surface area contributed by atoms with Gasteiger partial charge in [-0.15, -0.1) is 0 Å². The number of nitrogens with zero attached hydrogens (tertiary/aromatic N) is 1. The van der Waals surface area contributed by atoms with E-state index in [4.69, 9.17) is 9.05 Å². The second-order valence-corrected chi connectivity index (χ2v) is 16.8. The third kappa shape index (κ3) is 38.2. The van der Waals surface area contributed by atoms with E-state index in [1.165, 1.54) is 70.6 Å². The lowest BCUT2D eigenvalue weighted by Gasteiger charge is -2.25. The molecule has 54 heavy (non-hydrogen) atoms. The summed E-state index contributed by atoms with van der Waals surface area (Å²) >= 11 is 0. The van der Waals surface area contributed by atoms with Crippen molar-refractivity contribution in [3.63, 3.8) is 0 Å². The van der Waals surface area contributed by atoms with Crippen LogP contribution in [-0.4, -0.2) is 73.4 Å². The number of nitrogens with one attached hydrogen (secondary N) is 1. The molecule has 0 bridgehead atoms.